The minimum Gasteiger partial charge on any atom is -0.482 e. The van der Waals surface area contributed by atoms with Crippen LogP contribution in [0.4, 0.5) is 0 Å². The molecule has 1 atom stereocenters. The highest BCUT2D eigenvalue weighted by atomic mass is 35.5. The quantitative estimate of drug-likeness (QED) is 0.216. The number of ether oxygens (including phenoxy) is 2. The maximum absolute atomic E-state index is 12.7. The van der Waals surface area contributed by atoms with Crippen LogP contribution in [-0.2, 0) is 4.79 Å². The van der Waals surface area contributed by atoms with Gasteiger partial charge in [0.1, 0.15) is 22.6 Å². The van der Waals surface area contributed by atoms with E-state index in [2.05, 4.69) is 5.32 Å². The summed E-state index contributed by atoms with van der Waals surface area (Å²) in [6.07, 6.45) is 0. The highest BCUT2D eigenvalue weighted by Crippen LogP contribution is 2.23. The molecule has 4 rings (SSSR count). The molecule has 1 aromatic heterocycles. The molecule has 0 spiro atoms. The van der Waals surface area contributed by atoms with Gasteiger partial charge in [0.25, 0.3) is 5.91 Å². The molecule has 3 aromatic carbocycles. The van der Waals surface area contributed by atoms with Crippen molar-refractivity contribution in [3.8, 4) is 11.5 Å². The molecule has 0 radical (unpaired) electrons. The molecular weight excluding hydrogens is 470 g/mol. The van der Waals surface area contributed by atoms with Crippen molar-refractivity contribution in [2.75, 3.05) is 6.61 Å². The van der Waals surface area contributed by atoms with Gasteiger partial charge in [0.2, 0.25) is 0 Å². The maximum atomic E-state index is 12.7. The average molecular weight is 492 g/mol. The van der Waals surface area contributed by atoms with E-state index in [0.29, 0.717) is 16.2 Å². The van der Waals surface area contributed by atoms with Crippen molar-refractivity contribution in [2.45, 2.75) is 19.9 Å². The largest absolute Gasteiger partial charge is 0.482 e. The summed E-state index contributed by atoms with van der Waals surface area (Å²) in [7, 11) is 0. The van der Waals surface area contributed by atoms with Crippen LogP contribution in [0.2, 0.25) is 5.02 Å². The number of carbonyl (C=O) groups excluding carboxylic acids is 2. The van der Waals surface area contributed by atoms with Gasteiger partial charge >= 0.3 is 11.6 Å². The third-order valence-corrected chi connectivity index (χ3v) is 5.74. The van der Waals surface area contributed by atoms with Gasteiger partial charge in [-0.05, 0) is 61.4 Å². The van der Waals surface area contributed by atoms with Gasteiger partial charge in [-0.25, -0.2) is 9.59 Å². The molecule has 0 saturated heterocycles. The molecule has 1 amide bonds. The van der Waals surface area contributed by atoms with Gasteiger partial charge in [-0.2, -0.15) is 0 Å². The standard InChI is InChI=1S/C27H22ClNO6/c1-16-12-20(10-11-23(16)28)33-15-25(30)34-21-9-8-19-13-22(27(32)35-24(19)14-21)26(31)29-17(2)18-6-4-3-5-7-18/h3-14,17H,15H2,1-2H3,(H,29,31). The number of carbonyl (C=O) groups is 2. The molecule has 1 N–H and O–H groups in total. The number of halogens is 1. The zero-order valence-corrected chi connectivity index (χ0v) is 19.8. The number of aryl methyl sites for hydroxylation is 1. The monoisotopic (exact) mass is 491 g/mol. The molecular formula is C27H22ClNO6. The van der Waals surface area contributed by atoms with E-state index in [1.165, 1.54) is 12.1 Å². The van der Waals surface area contributed by atoms with Crippen molar-refractivity contribution in [3.05, 3.63) is 105 Å². The summed E-state index contributed by atoms with van der Waals surface area (Å²) >= 11 is 5.98. The summed E-state index contributed by atoms with van der Waals surface area (Å²) in [4.78, 5) is 37.3. The average Bonchev–Trinajstić information content (AvgIpc) is 2.84. The molecule has 0 aliphatic rings. The van der Waals surface area contributed by atoms with E-state index in [0.717, 1.165) is 11.1 Å². The minimum absolute atomic E-state index is 0.114. The normalized spacial score (nSPS) is 11.6. The van der Waals surface area contributed by atoms with E-state index in [1.807, 2.05) is 44.2 Å². The summed E-state index contributed by atoms with van der Waals surface area (Å²) in [5.41, 5.74) is 1.01. The lowest BCUT2D eigenvalue weighted by Crippen LogP contribution is -2.30. The Bertz CT molecular complexity index is 1450. The lowest BCUT2D eigenvalue weighted by Gasteiger charge is -2.14. The second kappa shape index (κ2) is 10.4. The maximum Gasteiger partial charge on any atom is 0.349 e. The Morgan fingerprint density at radius 3 is 2.49 bits per heavy atom. The van der Waals surface area contributed by atoms with Crippen LogP contribution in [0.25, 0.3) is 11.0 Å². The van der Waals surface area contributed by atoms with Crippen LogP contribution in [0.5, 0.6) is 11.5 Å². The lowest BCUT2D eigenvalue weighted by atomic mass is 10.1. The number of nitrogens with one attached hydrogen (secondary N) is 1. The summed E-state index contributed by atoms with van der Waals surface area (Å²) in [5, 5.41) is 3.91. The molecule has 0 aliphatic carbocycles. The van der Waals surface area contributed by atoms with Gasteiger partial charge in [0.15, 0.2) is 6.61 Å². The first-order valence-corrected chi connectivity index (χ1v) is 11.2. The highest BCUT2D eigenvalue weighted by Gasteiger charge is 2.17. The number of amides is 1. The van der Waals surface area contributed by atoms with E-state index in [9.17, 15) is 14.4 Å². The Labute approximate surface area is 206 Å². The molecule has 0 saturated carbocycles. The van der Waals surface area contributed by atoms with Gasteiger partial charge in [-0.15, -0.1) is 0 Å². The fraction of sp³-hybridized carbons (Fsp3) is 0.148. The minimum atomic E-state index is -0.792. The fourth-order valence-corrected chi connectivity index (χ4v) is 3.54. The zero-order valence-electron chi connectivity index (χ0n) is 19.0. The van der Waals surface area contributed by atoms with Gasteiger partial charge in [0, 0.05) is 16.5 Å². The SMILES string of the molecule is Cc1cc(OCC(=O)Oc2ccc3cc(C(=O)NC(C)c4ccccc4)c(=O)oc3c2)ccc1Cl. The van der Waals surface area contributed by atoms with Gasteiger partial charge in [-0.1, -0.05) is 41.9 Å². The van der Waals surface area contributed by atoms with Crippen LogP contribution in [0.15, 0.2) is 82.0 Å². The Kier molecular flexibility index (Phi) is 7.17. The predicted molar refractivity (Wildman–Crippen MR) is 132 cm³/mol. The van der Waals surface area contributed by atoms with E-state index in [4.69, 9.17) is 25.5 Å². The number of hydrogen-bond donors (Lipinski definition) is 1. The Morgan fingerprint density at radius 2 is 1.74 bits per heavy atom. The Balaban J connectivity index is 1.43. The summed E-state index contributed by atoms with van der Waals surface area (Å²) < 4.78 is 16.0. The van der Waals surface area contributed by atoms with Crippen molar-refractivity contribution in [1.29, 1.82) is 0 Å². The molecule has 7 nitrogen and oxygen atoms in total. The molecule has 35 heavy (non-hydrogen) atoms. The van der Waals surface area contributed by atoms with Crippen LogP contribution in [0, 0.1) is 6.92 Å². The van der Waals surface area contributed by atoms with Crippen LogP contribution < -0.4 is 20.4 Å². The smallest absolute Gasteiger partial charge is 0.349 e. The van der Waals surface area contributed by atoms with Crippen LogP contribution in [0.3, 0.4) is 0 Å². The van der Waals surface area contributed by atoms with Crippen LogP contribution in [-0.4, -0.2) is 18.5 Å². The second-order valence-corrected chi connectivity index (χ2v) is 8.33. The van der Waals surface area contributed by atoms with Crippen LogP contribution >= 0.6 is 11.6 Å². The van der Waals surface area contributed by atoms with E-state index in [1.54, 1.807) is 30.3 Å². The van der Waals surface area contributed by atoms with E-state index >= 15 is 0 Å². The van der Waals surface area contributed by atoms with Gasteiger partial charge in [-0.3, -0.25) is 4.79 Å². The van der Waals surface area contributed by atoms with Gasteiger partial charge < -0.3 is 19.2 Å². The van der Waals surface area contributed by atoms with Crippen molar-refractivity contribution in [3.63, 3.8) is 0 Å². The summed E-state index contributed by atoms with van der Waals surface area (Å²) in [5.74, 6) is -0.510. The topological polar surface area (TPSA) is 94.8 Å². The molecule has 1 heterocycles. The van der Waals surface area contributed by atoms with Crippen LogP contribution in [0.1, 0.15) is 34.5 Å². The summed E-state index contributed by atoms with van der Waals surface area (Å²) in [6.45, 7) is 3.34. The van der Waals surface area contributed by atoms with E-state index < -0.39 is 17.5 Å². The predicted octanol–water partition coefficient (Wildman–Crippen LogP) is 5.23. The van der Waals surface area contributed by atoms with Gasteiger partial charge in [0.05, 0.1) is 6.04 Å². The first-order chi connectivity index (χ1) is 16.8. The molecule has 1 unspecified atom stereocenters. The fourth-order valence-electron chi connectivity index (χ4n) is 3.42. The number of fused-ring (bicyclic) bond motifs is 1. The van der Waals surface area contributed by atoms with Crippen molar-refractivity contribution >= 4 is 34.4 Å². The molecule has 178 valence electrons. The number of esters is 1. The Morgan fingerprint density at radius 1 is 1.00 bits per heavy atom. The van der Waals surface area contributed by atoms with Crippen molar-refractivity contribution in [1.82, 2.24) is 5.32 Å². The third kappa shape index (κ3) is 5.88. The molecule has 8 heteroatoms. The molecule has 0 aliphatic heterocycles. The number of rotatable bonds is 7. The van der Waals surface area contributed by atoms with Crippen molar-refractivity contribution in [2.24, 2.45) is 0 Å². The number of hydrogen-bond acceptors (Lipinski definition) is 6. The molecule has 0 fully saturated rings. The molecule has 4 aromatic rings. The Hall–Kier alpha value is -4.10. The third-order valence-electron chi connectivity index (χ3n) is 5.32. The van der Waals surface area contributed by atoms with E-state index in [-0.39, 0.29) is 29.5 Å². The first kappa shape index (κ1) is 24.0. The second-order valence-electron chi connectivity index (χ2n) is 7.93. The highest BCUT2D eigenvalue weighted by molar-refractivity contribution is 6.31. The molecule has 0 bridgehead atoms. The first-order valence-electron chi connectivity index (χ1n) is 10.8. The zero-order chi connectivity index (χ0) is 24.9. The van der Waals surface area contributed by atoms with Crippen molar-refractivity contribution < 1.29 is 23.5 Å². The number of benzene rings is 3. The lowest BCUT2D eigenvalue weighted by molar-refractivity contribution is -0.136. The summed E-state index contributed by atoms with van der Waals surface area (Å²) in [6, 6.07) is 20.2.